The highest BCUT2D eigenvalue weighted by molar-refractivity contribution is 5.98. The Kier molecular flexibility index (Phi) is 5.80. The van der Waals surface area contributed by atoms with Gasteiger partial charge in [-0.2, -0.15) is 0 Å². The Morgan fingerprint density at radius 2 is 1.68 bits per heavy atom. The van der Waals surface area contributed by atoms with E-state index < -0.39 is 12.1 Å². The second-order valence-corrected chi connectivity index (χ2v) is 7.46. The summed E-state index contributed by atoms with van der Waals surface area (Å²) in [6, 6.07) is 23.3. The van der Waals surface area contributed by atoms with E-state index in [0.717, 1.165) is 22.4 Å². The van der Waals surface area contributed by atoms with Crippen molar-refractivity contribution in [3.05, 3.63) is 101 Å². The van der Waals surface area contributed by atoms with Gasteiger partial charge in [0.2, 0.25) is 12.3 Å². The van der Waals surface area contributed by atoms with Crippen molar-refractivity contribution in [1.82, 2.24) is 10.7 Å². The molecule has 6 nitrogen and oxygen atoms in total. The molecule has 0 aromatic heterocycles. The summed E-state index contributed by atoms with van der Waals surface area (Å²) in [6.07, 6.45) is 1.85. The van der Waals surface area contributed by atoms with Crippen molar-refractivity contribution >= 4 is 18.0 Å². The minimum absolute atomic E-state index is 0.265. The molecule has 1 aliphatic heterocycles. The summed E-state index contributed by atoms with van der Waals surface area (Å²) in [4.78, 5) is 25.7. The molecule has 3 aromatic rings. The zero-order valence-electron chi connectivity index (χ0n) is 17.4. The Labute approximate surface area is 181 Å². The van der Waals surface area contributed by atoms with Gasteiger partial charge in [0.25, 0.3) is 5.91 Å². The predicted molar refractivity (Wildman–Crippen MR) is 118 cm³/mol. The number of nitrogens with zero attached hydrogens (tertiary/aromatic N) is 1. The van der Waals surface area contributed by atoms with Crippen molar-refractivity contribution < 1.29 is 19.0 Å². The Bertz CT molecular complexity index is 1110. The Hall–Kier alpha value is -3.93. The first-order chi connectivity index (χ1) is 15.0. The molecule has 4 rings (SSSR count). The van der Waals surface area contributed by atoms with Crippen LogP contribution in [0, 0.1) is 6.92 Å². The molecular weight excluding hydrogens is 390 g/mol. The molecule has 2 amide bonds. The molecule has 1 fully saturated rings. The Balaban J connectivity index is 1.66. The maximum absolute atomic E-state index is 12.9. The van der Waals surface area contributed by atoms with Gasteiger partial charge in [0.05, 0.1) is 7.11 Å². The number of hydrazine groups is 1. The van der Waals surface area contributed by atoms with E-state index in [4.69, 9.17) is 4.74 Å². The predicted octanol–water partition coefficient (Wildman–Crippen LogP) is 3.02. The van der Waals surface area contributed by atoms with Crippen molar-refractivity contribution in [3.8, 4) is 5.75 Å². The fourth-order valence-corrected chi connectivity index (χ4v) is 3.61. The number of hydrogen-bond acceptors (Lipinski definition) is 3. The monoisotopic (exact) mass is 414 g/mol. The normalized spacial score (nSPS) is 19.2. The van der Waals surface area contributed by atoms with E-state index in [-0.39, 0.29) is 11.8 Å². The van der Waals surface area contributed by atoms with Crippen LogP contribution in [0.2, 0.25) is 0 Å². The van der Waals surface area contributed by atoms with Crippen molar-refractivity contribution in [3.63, 3.8) is 0 Å². The summed E-state index contributed by atoms with van der Waals surface area (Å²) in [7, 11) is 1.62. The van der Waals surface area contributed by atoms with E-state index in [0.29, 0.717) is 5.56 Å². The SMILES string of the molecule is COc1ccc(/C=[N+]2\NC(=O)[C@@H](NC(=O)c3ccc(C)cc3)[C@@H]2c2ccccc2)cc1. The third-order valence-corrected chi connectivity index (χ3v) is 5.28. The van der Waals surface area contributed by atoms with Gasteiger partial charge in [-0.1, -0.05) is 48.0 Å². The molecule has 1 heterocycles. The Morgan fingerprint density at radius 3 is 2.32 bits per heavy atom. The van der Waals surface area contributed by atoms with Gasteiger partial charge < -0.3 is 10.1 Å². The topological polar surface area (TPSA) is 70.4 Å². The summed E-state index contributed by atoms with van der Waals surface area (Å²) in [5.74, 6) is 0.205. The first-order valence-corrected chi connectivity index (χ1v) is 10.1. The second kappa shape index (κ2) is 8.83. The number of ether oxygens (including phenoxy) is 1. The van der Waals surface area contributed by atoms with Gasteiger partial charge in [-0.05, 0) is 43.3 Å². The number of amides is 2. The molecule has 0 unspecified atom stereocenters. The molecule has 0 saturated carbocycles. The van der Waals surface area contributed by atoms with E-state index in [2.05, 4.69) is 10.7 Å². The molecule has 3 aromatic carbocycles. The molecule has 0 spiro atoms. The van der Waals surface area contributed by atoms with Crippen molar-refractivity contribution in [1.29, 1.82) is 0 Å². The number of carbonyl (C=O) groups is 2. The van der Waals surface area contributed by atoms with Crippen molar-refractivity contribution in [2.45, 2.75) is 19.0 Å². The average Bonchev–Trinajstić information content (AvgIpc) is 3.09. The highest BCUT2D eigenvalue weighted by Crippen LogP contribution is 2.25. The van der Waals surface area contributed by atoms with Gasteiger partial charge in [-0.15, -0.1) is 10.1 Å². The van der Waals surface area contributed by atoms with Crippen LogP contribution in [0.4, 0.5) is 0 Å². The smallest absolute Gasteiger partial charge is 0.304 e. The van der Waals surface area contributed by atoms with E-state index in [1.165, 1.54) is 0 Å². The largest absolute Gasteiger partial charge is 0.497 e. The van der Waals surface area contributed by atoms with Crippen LogP contribution in [0.25, 0.3) is 0 Å². The van der Waals surface area contributed by atoms with Crippen LogP contribution in [-0.4, -0.2) is 35.9 Å². The maximum Gasteiger partial charge on any atom is 0.304 e. The number of nitrogens with one attached hydrogen (secondary N) is 2. The zero-order valence-corrected chi connectivity index (χ0v) is 17.4. The molecule has 2 N–H and O–H groups in total. The zero-order chi connectivity index (χ0) is 21.8. The molecular formula is C25H24N3O3+. The lowest BCUT2D eigenvalue weighted by molar-refractivity contribution is -0.596. The lowest BCUT2D eigenvalue weighted by atomic mass is 9.99. The highest BCUT2D eigenvalue weighted by Gasteiger charge is 2.47. The number of hydrazone groups is 1. The van der Waals surface area contributed by atoms with Gasteiger partial charge in [-0.25, -0.2) is 0 Å². The number of carbonyl (C=O) groups excluding carboxylic acids is 2. The van der Waals surface area contributed by atoms with Crippen LogP contribution in [-0.2, 0) is 4.79 Å². The van der Waals surface area contributed by atoms with E-state index >= 15 is 0 Å². The van der Waals surface area contributed by atoms with Gasteiger partial charge >= 0.3 is 5.91 Å². The van der Waals surface area contributed by atoms with Crippen molar-refractivity contribution in [2.75, 3.05) is 7.11 Å². The molecule has 156 valence electrons. The quantitative estimate of drug-likeness (QED) is 0.631. The fraction of sp³-hybridized carbons (Fsp3) is 0.160. The molecule has 0 aliphatic carbocycles. The van der Waals surface area contributed by atoms with Crippen LogP contribution in [0.3, 0.4) is 0 Å². The fourth-order valence-electron chi connectivity index (χ4n) is 3.61. The van der Waals surface area contributed by atoms with Crippen LogP contribution >= 0.6 is 0 Å². The summed E-state index contributed by atoms with van der Waals surface area (Å²) >= 11 is 0. The minimum atomic E-state index is -0.745. The summed E-state index contributed by atoms with van der Waals surface area (Å²) in [5.41, 5.74) is 6.28. The summed E-state index contributed by atoms with van der Waals surface area (Å²) < 4.78 is 6.96. The van der Waals surface area contributed by atoms with Gasteiger partial charge in [-0.3, -0.25) is 9.59 Å². The van der Waals surface area contributed by atoms with Crippen LogP contribution < -0.4 is 15.5 Å². The van der Waals surface area contributed by atoms with E-state index in [9.17, 15) is 9.59 Å². The molecule has 2 atom stereocenters. The van der Waals surface area contributed by atoms with Gasteiger partial charge in [0, 0.05) is 16.7 Å². The van der Waals surface area contributed by atoms with Gasteiger partial charge in [0.1, 0.15) is 5.75 Å². The van der Waals surface area contributed by atoms with Crippen LogP contribution in [0.15, 0.2) is 78.9 Å². The molecule has 1 aliphatic rings. The number of hydrogen-bond donors (Lipinski definition) is 2. The second-order valence-electron chi connectivity index (χ2n) is 7.46. The summed E-state index contributed by atoms with van der Waals surface area (Å²) in [5, 5.41) is 2.91. The third-order valence-electron chi connectivity index (χ3n) is 5.28. The molecule has 0 bridgehead atoms. The number of aryl methyl sites for hydroxylation is 1. The van der Waals surface area contributed by atoms with Crippen molar-refractivity contribution in [2.24, 2.45) is 0 Å². The molecule has 1 saturated heterocycles. The standard InChI is InChI=1S/C25H23N3O3/c1-17-8-12-20(13-9-17)24(29)26-22-23(19-6-4-3-5-7-19)28(27-25(22)30)16-18-10-14-21(31-2)15-11-18/h3-16,22-23H,1-2H3,(H-,26,27,29,30)/p+1/b28-16-/t22-,23-/m0/s1. The summed E-state index contributed by atoms with van der Waals surface area (Å²) in [6.45, 7) is 1.96. The van der Waals surface area contributed by atoms with Gasteiger partial charge in [0.15, 0.2) is 6.04 Å². The maximum atomic E-state index is 12.9. The number of methoxy groups -OCH3 is 1. The number of rotatable bonds is 5. The number of benzene rings is 3. The molecule has 0 radical (unpaired) electrons. The van der Waals surface area contributed by atoms with E-state index in [1.54, 1.807) is 23.9 Å². The average molecular weight is 414 g/mol. The minimum Gasteiger partial charge on any atom is -0.497 e. The first-order valence-electron chi connectivity index (χ1n) is 10.1. The first kappa shape index (κ1) is 20.3. The van der Waals surface area contributed by atoms with Crippen LogP contribution in [0.1, 0.15) is 33.1 Å². The highest BCUT2D eigenvalue weighted by atomic mass is 16.5. The lowest BCUT2D eigenvalue weighted by Gasteiger charge is -2.14. The molecule has 6 heteroatoms. The lowest BCUT2D eigenvalue weighted by Crippen LogP contribution is -2.42. The van der Waals surface area contributed by atoms with Crippen LogP contribution in [0.5, 0.6) is 5.75 Å². The Morgan fingerprint density at radius 1 is 1.00 bits per heavy atom. The molecule has 31 heavy (non-hydrogen) atoms. The van der Waals surface area contributed by atoms with E-state index in [1.807, 2.05) is 79.9 Å². The third kappa shape index (κ3) is 4.48.